The minimum Gasteiger partial charge on any atom is -0.481 e. The molecule has 174 valence electrons. The number of rotatable bonds is 11. The number of hydrogen-bond acceptors (Lipinski definition) is 4. The van der Waals surface area contributed by atoms with Crippen LogP contribution in [-0.4, -0.2) is 39.0 Å². The molecule has 7 heteroatoms. The first-order valence-corrected chi connectivity index (χ1v) is 11.8. The van der Waals surface area contributed by atoms with E-state index in [0.717, 1.165) is 53.9 Å². The van der Waals surface area contributed by atoms with Crippen LogP contribution in [0.5, 0.6) is 0 Å². The second-order valence-electron chi connectivity index (χ2n) is 9.13. The Morgan fingerprint density at radius 2 is 1.91 bits per heavy atom. The van der Waals surface area contributed by atoms with Crippen LogP contribution in [0.1, 0.15) is 99.2 Å². The molecule has 7 nitrogen and oxygen atoms in total. The van der Waals surface area contributed by atoms with Gasteiger partial charge < -0.3 is 10.0 Å². The third-order valence-electron chi connectivity index (χ3n) is 6.61. The fourth-order valence-corrected chi connectivity index (χ4v) is 4.56. The standard InChI is InChI=1S/C25H36N4O3/c1-6-20(7-2)29-25(18-9-10-18)24(26-27-29)19(11-13-23(31)32)15-22(30)28(5)21-12-8-16(3)14-17(21)4/h8,12,14,18-20H,6-7,9-11,13,15H2,1-5H3,(H,31,32)/t19-/m1/s1. The Morgan fingerprint density at radius 1 is 1.22 bits per heavy atom. The Balaban J connectivity index is 1.90. The number of carbonyl (C=O) groups excluding carboxylic acids is 1. The van der Waals surface area contributed by atoms with E-state index in [9.17, 15) is 14.7 Å². The zero-order chi connectivity index (χ0) is 23.4. The van der Waals surface area contributed by atoms with Crippen LogP contribution in [0.3, 0.4) is 0 Å². The molecule has 0 aliphatic heterocycles. The van der Waals surface area contributed by atoms with Crippen molar-refractivity contribution in [1.29, 1.82) is 0 Å². The van der Waals surface area contributed by atoms with Gasteiger partial charge in [-0.1, -0.05) is 36.8 Å². The lowest BCUT2D eigenvalue weighted by Gasteiger charge is -2.23. The summed E-state index contributed by atoms with van der Waals surface area (Å²) in [5.41, 5.74) is 5.01. The first-order chi connectivity index (χ1) is 15.3. The SMILES string of the molecule is CCC(CC)n1nnc([C@H](CCC(=O)O)CC(=O)N(C)c2ccc(C)cc2C)c1C1CC1. The summed E-state index contributed by atoms with van der Waals surface area (Å²) in [6.45, 7) is 8.33. The number of aliphatic carboxylic acids is 1. The molecule has 0 radical (unpaired) electrons. The monoisotopic (exact) mass is 440 g/mol. The molecule has 1 amide bonds. The number of benzene rings is 1. The molecule has 0 spiro atoms. The van der Waals surface area contributed by atoms with E-state index in [1.807, 2.05) is 26.0 Å². The van der Waals surface area contributed by atoms with Crippen molar-refractivity contribution in [3.8, 4) is 0 Å². The van der Waals surface area contributed by atoms with E-state index in [1.165, 1.54) is 0 Å². The molecule has 1 aromatic heterocycles. The minimum absolute atomic E-state index is 0.00711. The quantitative estimate of drug-likeness (QED) is 0.523. The number of amides is 1. The summed E-state index contributed by atoms with van der Waals surface area (Å²) in [6.07, 6.45) is 4.74. The summed E-state index contributed by atoms with van der Waals surface area (Å²) in [6, 6.07) is 6.31. The molecule has 3 rings (SSSR count). The van der Waals surface area contributed by atoms with Crippen LogP contribution < -0.4 is 4.90 Å². The predicted octanol–water partition coefficient (Wildman–Crippen LogP) is 5.13. The molecule has 1 aromatic carbocycles. The number of aryl methyl sites for hydroxylation is 2. The highest BCUT2D eigenvalue weighted by molar-refractivity contribution is 5.94. The highest BCUT2D eigenvalue weighted by atomic mass is 16.4. The molecule has 0 unspecified atom stereocenters. The van der Waals surface area contributed by atoms with Gasteiger partial charge in [0, 0.05) is 37.4 Å². The number of nitrogens with zero attached hydrogens (tertiary/aromatic N) is 4. The average Bonchev–Trinajstić information content (AvgIpc) is 3.50. The van der Waals surface area contributed by atoms with E-state index in [2.05, 4.69) is 34.9 Å². The van der Waals surface area contributed by atoms with E-state index >= 15 is 0 Å². The van der Waals surface area contributed by atoms with Gasteiger partial charge in [0.15, 0.2) is 0 Å². The summed E-state index contributed by atoms with van der Waals surface area (Å²) in [5, 5.41) is 18.3. The zero-order valence-electron chi connectivity index (χ0n) is 20.0. The van der Waals surface area contributed by atoms with Crippen molar-refractivity contribution in [3.05, 3.63) is 40.7 Å². The van der Waals surface area contributed by atoms with Crippen molar-refractivity contribution in [2.75, 3.05) is 11.9 Å². The lowest BCUT2D eigenvalue weighted by atomic mass is 9.92. The lowest BCUT2D eigenvalue weighted by Crippen LogP contribution is -2.29. The van der Waals surface area contributed by atoms with Crippen molar-refractivity contribution in [2.24, 2.45) is 0 Å². The van der Waals surface area contributed by atoms with Crippen molar-refractivity contribution >= 4 is 17.6 Å². The number of hydrogen-bond donors (Lipinski definition) is 1. The lowest BCUT2D eigenvalue weighted by molar-refractivity contribution is -0.137. The second-order valence-corrected chi connectivity index (χ2v) is 9.13. The third kappa shape index (κ3) is 5.37. The maximum atomic E-state index is 13.3. The highest BCUT2D eigenvalue weighted by Gasteiger charge is 2.36. The summed E-state index contributed by atoms with van der Waals surface area (Å²) in [5.74, 6) is -0.734. The Morgan fingerprint density at radius 3 is 2.47 bits per heavy atom. The molecular formula is C25H36N4O3. The molecule has 1 saturated carbocycles. The van der Waals surface area contributed by atoms with Crippen LogP contribution in [-0.2, 0) is 9.59 Å². The molecule has 1 aliphatic rings. The largest absolute Gasteiger partial charge is 0.481 e. The number of carbonyl (C=O) groups is 2. The Bertz CT molecular complexity index is 960. The molecule has 0 saturated heterocycles. The number of aromatic nitrogens is 3. The van der Waals surface area contributed by atoms with E-state index in [4.69, 9.17) is 0 Å². The summed E-state index contributed by atoms with van der Waals surface area (Å²) in [4.78, 5) is 26.3. The smallest absolute Gasteiger partial charge is 0.303 e. The van der Waals surface area contributed by atoms with Crippen LogP contribution in [0, 0.1) is 13.8 Å². The van der Waals surface area contributed by atoms with Gasteiger partial charge >= 0.3 is 5.97 Å². The maximum absolute atomic E-state index is 13.3. The van der Waals surface area contributed by atoms with Crippen molar-refractivity contribution in [2.45, 2.75) is 90.5 Å². The van der Waals surface area contributed by atoms with Gasteiger partial charge in [-0.2, -0.15) is 0 Å². The Kier molecular flexibility index (Phi) is 7.69. The predicted molar refractivity (Wildman–Crippen MR) is 125 cm³/mol. The topological polar surface area (TPSA) is 88.3 Å². The Hall–Kier alpha value is -2.70. The molecule has 0 bridgehead atoms. The van der Waals surface area contributed by atoms with Gasteiger partial charge in [0.1, 0.15) is 0 Å². The molecule has 1 heterocycles. The number of anilines is 1. The van der Waals surface area contributed by atoms with E-state index < -0.39 is 5.97 Å². The highest BCUT2D eigenvalue weighted by Crippen LogP contribution is 2.45. The Labute approximate surface area is 190 Å². The maximum Gasteiger partial charge on any atom is 0.303 e. The number of carboxylic acids is 1. The van der Waals surface area contributed by atoms with Gasteiger partial charge in [0.05, 0.1) is 17.4 Å². The normalized spacial score (nSPS) is 14.6. The van der Waals surface area contributed by atoms with Gasteiger partial charge in [-0.25, -0.2) is 4.68 Å². The van der Waals surface area contributed by atoms with Crippen LogP contribution in [0.25, 0.3) is 0 Å². The summed E-state index contributed by atoms with van der Waals surface area (Å²) < 4.78 is 2.05. The van der Waals surface area contributed by atoms with Gasteiger partial charge in [-0.3, -0.25) is 9.59 Å². The van der Waals surface area contributed by atoms with Crippen molar-refractivity contribution in [3.63, 3.8) is 0 Å². The molecule has 1 N–H and O–H groups in total. The first kappa shape index (κ1) is 24.0. The second kappa shape index (κ2) is 10.3. The van der Waals surface area contributed by atoms with E-state index in [1.54, 1.807) is 11.9 Å². The minimum atomic E-state index is -0.856. The zero-order valence-corrected chi connectivity index (χ0v) is 20.0. The first-order valence-electron chi connectivity index (χ1n) is 11.8. The number of carboxylic acid groups (broad SMARTS) is 1. The molecule has 1 atom stereocenters. The van der Waals surface area contributed by atoms with Gasteiger partial charge in [-0.15, -0.1) is 5.10 Å². The van der Waals surface area contributed by atoms with E-state index in [0.29, 0.717) is 12.3 Å². The molecule has 1 fully saturated rings. The van der Waals surface area contributed by atoms with E-state index in [-0.39, 0.29) is 30.7 Å². The van der Waals surface area contributed by atoms with Crippen molar-refractivity contribution < 1.29 is 14.7 Å². The molecular weight excluding hydrogens is 404 g/mol. The fourth-order valence-electron chi connectivity index (χ4n) is 4.56. The fraction of sp³-hybridized carbons (Fsp3) is 0.600. The van der Waals surface area contributed by atoms with Crippen LogP contribution in [0.2, 0.25) is 0 Å². The molecule has 32 heavy (non-hydrogen) atoms. The van der Waals surface area contributed by atoms with Crippen LogP contribution in [0.15, 0.2) is 18.2 Å². The summed E-state index contributed by atoms with van der Waals surface area (Å²) in [7, 11) is 1.79. The van der Waals surface area contributed by atoms with Crippen LogP contribution in [0.4, 0.5) is 5.69 Å². The van der Waals surface area contributed by atoms with Crippen molar-refractivity contribution in [1.82, 2.24) is 15.0 Å². The summed E-state index contributed by atoms with van der Waals surface area (Å²) >= 11 is 0. The third-order valence-corrected chi connectivity index (χ3v) is 6.61. The molecule has 1 aliphatic carbocycles. The molecule has 2 aromatic rings. The average molecular weight is 441 g/mol. The van der Waals surface area contributed by atoms with Gasteiger partial charge in [0.2, 0.25) is 5.91 Å². The van der Waals surface area contributed by atoms with Crippen LogP contribution >= 0.6 is 0 Å². The van der Waals surface area contributed by atoms with Gasteiger partial charge in [0.25, 0.3) is 0 Å². The van der Waals surface area contributed by atoms with Gasteiger partial charge in [-0.05, 0) is 57.6 Å².